The third kappa shape index (κ3) is 3.17. The Morgan fingerprint density at radius 1 is 1.12 bits per heavy atom. The number of hydrogen-bond donors (Lipinski definition) is 1. The van der Waals surface area contributed by atoms with Gasteiger partial charge in [0.25, 0.3) is 0 Å². The van der Waals surface area contributed by atoms with Crippen LogP contribution >= 0.6 is 15.9 Å². The highest BCUT2D eigenvalue weighted by molar-refractivity contribution is 9.10. The van der Waals surface area contributed by atoms with Gasteiger partial charge in [-0.3, -0.25) is 4.79 Å². The van der Waals surface area contributed by atoms with Gasteiger partial charge < -0.3 is 5.11 Å². The Balaban J connectivity index is 2.14. The van der Waals surface area contributed by atoms with Crippen molar-refractivity contribution in [3.63, 3.8) is 0 Å². The summed E-state index contributed by atoms with van der Waals surface area (Å²) in [6, 6.07) is 14.0. The van der Waals surface area contributed by atoms with E-state index >= 15 is 0 Å². The Bertz CT molecular complexity index is 532. The molecule has 0 fully saturated rings. The van der Waals surface area contributed by atoms with Crippen molar-refractivity contribution in [3.05, 3.63) is 64.1 Å². The van der Waals surface area contributed by atoms with Crippen LogP contribution in [0.4, 0.5) is 0 Å². The van der Waals surface area contributed by atoms with Crippen LogP contribution in [0.2, 0.25) is 0 Å². The fourth-order valence-electron chi connectivity index (χ4n) is 1.56. The van der Waals surface area contributed by atoms with Crippen molar-refractivity contribution in [1.29, 1.82) is 0 Å². The molecular formula is C14H11BrO2. The molecule has 86 valence electrons. The van der Waals surface area contributed by atoms with Gasteiger partial charge >= 0.3 is 0 Å². The fourth-order valence-corrected chi connectivity index (χ4v) is 1.96. The second kappa shape index (κ2) is 5.15. The molecule has 1 N–H and O–H groups in total. The van der Waals surface area contributed by atoms with Crippen LogP contribution < -0.4 is 0 Å². The highest BCUT2D eigenvalue weighted by atomic mass is 79.9. The van der Waals surface area contributed by atoms with Gasteiger partial charge in [-0.05, 0) is 29.8 Å². The van der Waals surface area contributed by atoms with Gasteiger partial charge in [-0.2, -0.15) is 0 Å². The van der Waals surface area contributed by atoms with Crippen LogP contribution in [-0.4, -0.2) is 10.9 Å². The highest BCUT2D eigenvalue weighted by Gasteiger charge is 2.07. The molecule has 0 aliphatic heterocycles. The molecule has 0 saturated carbocycles. The van der Waals surface area contributed by atoms with Gasteiger partial charge in [0.15, 0.2) is 5.78 Å². The molecule has 17 heavy (non-hydrogen) atoms. The molecule has 2 rings (SSSR count). The normalized spacial score (nSPS) is 10.2. The summed E-state index contributed by atoms with van der Waals surface area (Å²) in [5, 5.41) is 9.15. The topological polar surface area (TPSA) is 37.3 Å². The summed E-state index contributed by atoms with van der Waals surface area (Å²) in [4.78, 5) is 12.0. The molecule has 0 amide bonds. The van der Waals surface area contributed by atoms with Crippen molar-refractivity contribution >= 4 is 21.7 Å². The number of phenols is 1. The van der Waals surface area contributed by atoms with E-state index in [4.69, 9.17) is 5.11 Å². The van der Waals surface area contributed by atoms with E-state index in [1.165, 1.54) is 0 Å². The van der Waals surface area contributed by atoms with Crippen LogP contribution in [0, 0.1) is 0 Å². The highest BCUT2D eigenvalue weighted by Crippen LogP contribution is 2.15. The van der Waals surface area contributed by atoms with E-state index in [1.807, 2.05) is 18.2 Å². The zero-order valence-corrected chi connectivity index (χ0v) is 10.6. The molecule has 0 atom stereocenters. The molecule has 0 radical (unpaired) electrons. The number of aromatic hydroxyl groups is 1. The Morgan fingerprint density at radius 3 is 2.47 bits per heavy atom. The number of halogens is 1. The first-order valence-electron chi connectivity index (χ1n) is 5.22. The van der Waals surface area contributed by atoms with Gasteiger partial charge in [0.05, 0.1) is 0 Å². The van der Waals surface area contributed by atoms with Crippen molar-refractivity contribution in [2.45, 2.75) is 6.42 Å². The molecule has 0 unspecified atom stereocenters. The second-order valence-corrected chi connectivity index (χ2v) is 4.69. The van der Waals surface area contributed by atoms with E-state index in [0.29, 0.717) is 12.0 Å². The zero-order valence-electron chi connectivity index (χ0n) is 9.06. The average molecular weight is 291 g/mol. The first kappa shape index (κ1) is 11.9. The monoisotopic (exact) mass is 290 g/mol. The lowest BCUT2D eigenvalue weighted by molar-refractivity contribution is 0.0993. The lowest BCUT2D eigenvalue weighted by Crippen LogP contribution is -2.03. The molecule has 0 aliphatic carbocycles. The summed E-state index contributed by atoms with van der Waals surface area (Å²) in [5.74, 6) is 0.278. The van der Waals surface area contributed by atoms with E-state index < -0.39 is 0 Å². The van der Waals surface area contributed by atoms with Gasteiger partial charge in [0.2, 0.25) is 0 Å². The molecular weight excluding hydrogens is 280 g/mol. The molecule has 0 aromatic heterocycles. The van der Waals surface area contributed by atoms with Crippen LogP contribution in [-0.2, 0) is 6.42 Å². The molecule has 0 saturated heterocycles. The molecule has 2 aromatic rings. The number of hydrogen-bond acceptors (Lipinski definition) is 2. The summed E-state index contributed by atoms with van der Waals surface area (Å²) in [5.41, 5.74) is 1.58. The molecule has 0 spiro atoms. The average Bonchev–Trinajstić information content (AvgIpc) is 2.32. The SMILES string of the molecule is O=C(Cc1ccc(O)cc1)c1cccc(Br)c1. The third-order valence-electron chi connectivity index (χ3n) is 2.45. The van der Waals surface area contributed by atoms with Crippen molar-refractivity contribution in [3.8, 4) is 5.75 Å². The Hall–Kier alpha value is -1.61. The van der Waals surface area contributed by atoms with Crippen LogP contribution in [0.5, 0.6) is 5.75 Å². The van der Waals surface area contributed by atoms with Gasteiger partial charge in [-0.1, -0.05) is 40.2 Å². The lowest BCUT2D eigenvalue weighted by atomic mass is 10.0. The number of rotatable bonds is 3. The minimum atomic E-state index is 0.0667. The fraction of sp³-hybridized carbons (Fsp3) is 0.0714. The molecule has 2 aromatic carbocycles. The maximum Gasteiger partial charge on any atom is 0.167 e. The van der Waals surface area contributed by atoms with E-state index in [9.17, 15) is 4.79 Å². The van der Waals surface area contributed by atoms with Crippen LogP contribution in [0.3, 0.4) is 0 Å². The summed E-state index contributed by atoms with van der Waals surface area (Å²) < 4.78 is 0.897. The van der Waals surface area contributed by atoms with E-state index in [0.717, 1.165) is 10.0 Å². The number of carbonyl (C=O) groups is 1. The van der Waals surface area contributed by atoms with E-state index in [2.05, 4.69) is 15.9 Å². The smallest absolute Gasteiger partial charge is 0.167 e. The van der Waals surface area contributed by atoms with Crippen molar-refractivity contribution in [1.82, 2.24) is 0 Å². The maximum atomic E-state index is 12.0. The largest absolute Gasteiger partial charge is 0.508 e. The number of Topliss-reactive ketones (excluding diaryl/α,β-unsaturated/α-hetero) is 1. The van der Waals surface area contributed by atoms with Crippen LogP contribution in [0.25, 0.3) is 0 Å². The number of ketones is 1. The van der Waals surface area contributed by atoms with Crippen LogP contribution in [0.15, 0.2) is 53.0 Å². The lowest BCUT2D eigenvalue weighted by Gasteiger charge is -2.02. The minimum absolute atomic E-state index is 0.0667. The van der Waals surface area contributed by atoms with Crippen molar-refractivity contribution in [2.75, 3.05) is 0 Å². The summed E-state index contributed by atoms with van der Waals surface area (Å²) in [6.07, 6.45) is 0.344. The molecule has 0 heterocycles. The van der Waals surface area contributed by atoms with Gasteiger partial charge in [0, 0.05) is 16.5 Å². The maximum absolute atomic E-state index is 12.0. The predicted molar refractivity (Wildman–Crippen MR) is 70.3 cm³/mol. The Kier molecular flexibility index (Phi) is 3.59. The van der Waals surface area contributed by atoms with E-state index in [1.54, 1.807) is 30.3 Å². The third-order valence-corrected chi connectivity index (χ3v) is 2.94. The standard InChI is InChI=1S/C14H11BrO2/c15-12-3-1-2-11(9-12)14(17)8-10-4-6-13(16)7-5-10/h1-7,9,16H,8H2. The van der Waals surface area contributed by atoms with Gasteiger partial charge in [-0.25, -0.2) is 0 Å². The summed E-state index contributed by atoms with van der Waals surface area (Å²) in [7, 11) is 0. The van der Waals surface area contributed by atoms with E-state index in [-0.39, 0.29) is 11.5 Å². The quantitative estimate of drug-likeness (QED) is 0.878. The summed E-state index contributed by atoms with van der Waals surface area (Å²) >= 11 is 3.34. The molecule has 2 nitrogen and oxygen atoms in total. The first-order chi connectivity index (χ1) is 8.15. The Labute approximate surface area is 108 Å². The number of carbonyl (C=O) groups excluding carboxylic acids is 1. The van der Waals surface area contributed by atoms with Crippen molar-refractivity contribution < 1.29 is 9.90 Å². The van der Waals surface area contributed by atoms with Crippen molar-refractivity contribution in [2.24, 2.45) is 0 Å². The zero-order chi connectivity index (χ0) is 12.3. The molecule has 3 heteroatoms. The molecule has 0 aliphatic rings. The second-order valence-electron chi connectivity index (χ2n) is 3.78. The number of benzene rings is 2. The van der Waals surface area contributed by atoms with Gasteiger partial charge in [0.1, 0.15) is 5.75 Å². The van der Waals surface area contributed by atoms with Crippen LogP contribution in [0.1, 0.15) is 15.9 Å². The molecule has 0 bridgehead atoms. The predicted octanol–water partition coefficient (Wildman–Crippen LogP) is 3.58. The van der Waals surface area contributed by atoms with Gasteiger partial charge in [-0.15, -0.1) is 0 Å². The Morgan fingerprint density at radius 2 is 1.82 bits per heavy atom. The summed E-state index contributed by atoms with van der Waals surface area (Å²) in [6.45, 7) is 0. The minimum Gasteiger partial charge on any atom is -0.508 e. The first-order valence-corrected chi connectivity index (χ1v) is 6.01. The number of phenolic OH excluding ortho intramolecular Hbond substituents is 1.